The van der Waals surface area contributed by atoms with Gasteiger partial charge in [0.1, 0.15) is 11.9 Å². The summed E-state index contributed by atoms with van der Waals surface area (Å²) < 4.78 is 13.4. The topological polar surface area (TPSA) is 73.4 Å². The van der Waals surface area contributed by atoms with Crippen LogP contribution in [0, 0.1) is 12.7 Å². The van der Waals surface area contributed by atoms with E-state index in [0.717, 1.165) is 32.4 Å². The van der Waals surface area contributed by atoms with Crippen LogP contribution in [0.1, 0.15) is 30.4 Å². The minimum Gasteiger partial charge on any atom is -0.374 e. The van der Waals surface area contributed by atoms with Crippen LogP contribution in [0.4, 0.5) is 10.1 Å². The molecule has 0 saturated heterocycles. The fourth-order valence-electron chi connectivity index (χ4n) is 2.88. The molecule has 4 N–H and O–H groups in total. The fourth-order valence-corrected chi connectivity index (χ4v) is 2.88. The lowest BCUT2D eigenvalue weighted by Gasteiger charge is -2.18. The number of hydrogen-bond donors (Lipinski definition) is 4. The van der Waals surface area contributed by atoms with Gasteiger partial charge in [-0.25, -0.2) is 9.87 Å². The Morgan fingerprint density at radius 2 is 1.89 bits per heavy atom. The molecule has 0 spiro atoms. The number of amides is 1. The first-order valence-electron chi connectivity index (χ1n) is 9.31. The summed E-state index contributed by atoms with van der Waals surface area (Å²) in [6, 6.07) is 14.4. The Bertz CT molecular complexity index is 710. The Hall–Kier alpha value is -2.44. The van der Waals surface area contributed by atoms with Gasteiger partial charge in [0.25, 0.3) is 5.91 Å². The van der Waals surface area contributed by atoms with Crippen LogP contribution in [0.3, 0.4) is 0 Å². The maximum Gasteiger partial charge on any atom is 0.265 e. The second kappa shape index (κ2) is 11.3. The summed E-state index contributed by atoms with van der Waals surface area (Å²) in [5, 5.41) is 15.4. The Kier molecular flexibility index (Phi) is 8.74. The lowest BCUT2D eigenvalue weighted by molar-refractivity contribution is -0.130. The van der Waals surface area contributed by atoms with Gasteiger partial charge in [-0.15, -0.1) is 0 Å². The molecule has 146 valence electrons. The zero-order valence-corrected chi connectivity index (χ0v) is 15.7. The maximum absolute atomic E-state index is 13.4. The van der Waals surface area contributed by atoms with E-state index >= 15 is 0 Å². The third kappa shape index (κ3) is 7.37. The van der Waals surface area contributed by atoms with Gasteiger partial charge in [0.15, 0.2) is 0 Å². The van der Waals surface area contributed by atoms with Crippen LogP contribution in [0.2, 0.25) is 0 Å². The molecule has 0 saturated carbocycles. The average Bonchev–Trinajstić information content (AvgIpc) is 2.69. The van der Waals surface area contributed by atoms with Gasteiger partial charge in [0.2, 0.25) is 0 Å². The smallest absolute Gasteiger partial charge is 0.265 e. The van der Waals surface area contributed by atoms with E-state index in [1.165, 1.54) is 11.6 Å². The Balaban J connectivity index is 1.69. The fraction of sp³-hybridized carbons (Fsp3) is 0.381. The molecule has 0 unspecified atom stereocenters. The maximum atomic E-state index is 13.4. The van der Waals surface area contributed by atoms with E-state index in [-0.39, 0.29) is 5.82 Å². The number of benzene rings is 2. The minimum atomic E-state index is -0.566. The number of anilines is 1. The lowest BCUT2D eigenvalue weighted by Crippen LogP contribution is -2.38. The number of aryl methyl sites for hydroxylation is 1. The average molecular weight is 373 g/mol. The van der Waals surface area contributed by atoms with Crippen molar-refractivity contribution in [3.05, 3.63) is 65.5 Å². The Morgan fingerprint density at radius 3 is 2.59 bits per heavy atom. The second-order valence-electron chi connectivity index (χ2n) is 6.62. The van der Waals surface area contributed by atoms with E-state index in [4.69, 9.17) is 5.21 Å². The van der Waals surface area contributed by atoms with Crippen molar-refractivity contribution >= 4 is 11.6 Å². The van der Waals surface area contributed by atoms with Crippen molar-refractivity contribution in [1.82, 2.24) is 10.8 Å². The van der Waals surface area contributed by atoms with E-state index in [1.807, 2.05) is 18.2 Å². The summed E-state index contributed by atoms with van der Waals surface area (Å²) in [6.45, 7) is 3.45. The highest BCUT2D eigenvalue weighted by atomic mass is 19.1. The van der Waals surface area contributed by atoms with Gasteiger partial charge in [-0.3, -0.25) is 10.0 Å². The molecule has 0 aliphatic carbocycles. The molecule has 2 rings (SSSR count). The highest BCUT2D eigenvalue weighted by molar-refractivity contribution is 5.83. The molecule has 0 aromatic heterocycles. The van der Waals surface area contributed by atoms with E-state index in [1.54, 1.807) is 24.5 Å². The molecule has 0 bridgehead atoms. The van der Waals surface area contributed by atoms with Gasteiger partial charge in [-0.05, 0) is 75.0 Å². The molecule has 0 aliphatic heterocycles. The van der Waals surface area contributed by atoms with E-state index in [9.17, 15) is 9.18 Å². The van der Waals surface area contributed by atoms with Gasteiger partial charge >= 0.3 is 0 Å². The summed E-state index contributed by atoms with van der Waals surface area (Å²) in [5.41, 5.74) is 4.17. The van der Waals surface area contributed by atoms with Crippen LogP contribution in [0.25, 0.3) is 0 Å². The van der Waals surface area contributed by atoms with Crippen molar-refractivity contribution in [3.63, 3.8) is 0 Å². The SMILES string of the molecule is Cc1cc(N[C@H](CCCCNCCc2ccccc2)C(=O)NO)ccc1F. The minimum absolute atomic E-state index is 0.287. The van der Waals surface area contributed by atoms with Crippen molar-refractivity contribution in [2.75, 3.05) is 18.4 Å². The first-order valence-corrected chi connectivity index (χ1v) is 9.31. The van der Waals surface area contributed by atoms with Gasteiger partial charge in [0, 0.05) is 5.69 Å². The Labute approximate surface area is 159 Å². The van der Waals surface area contributed by atoms with Gasteiger partial charge in [0.05, 0.1) is 0 Å². The second-order valence-corrected chi connectivity index (χ2v) is 6.62. The van der Waals surface area contributed by atoms with E-state index in [0.29, 0.717) is 17.7 Å². The highest BCUT2D eigenvalue weighted by Gasteiger charge is 2.17. The molecule has 1 amide bonds. The zero-order chi connectivity index (χ0) is 19.5. The van der Waals surface area contributed by atoms with Gasteiger partial charge < -0.3 is 10.6 Å². The monoisotopic (exact) mass is 373 g/mol. The Morgan fingerprint density at radius 1 is 1.11 bits per heavy atom. The van der Waals surface area contributed by atoms with Crippen molar-refractivity contribution in [1.29, 1.82) is 0 Å². The molecule has 1 atom stereocenters. The zero-order valence-electron chi connectivity index (χ0n) is 15.7. The first kappa shape index (κ1) is 20.9. The van der Waals surface area contributed by atoms with Crippen molar-refractivity contribution < 1.29 is 14.4 Å². The largest absolute Gasteiger partial charge is 0.374 e. The highest BCUT2D eigenvalue weighted by Crippen LogP contribution is 2.16. The van der Waals surface area contributed by atoms with Crippen molar-refractivity contribution in [3.8, 4) is 0 Å². The van der Waals surface area contributed by atoms with E-state index < -0.39 is 11.9 Å². The van der Waals surface area contributed by atoms with Gasteiger partial charge in [-0.2, -0.15) is 0 Å². The van der Waals surface area contributed by atoms with Crippen LogP contribution < -0.4 is 16.1 Å². The third-order valence-electron chi connectivity index (χ3n) is 4.46. The first-order chi connectivity index (χ1) is 13.1. The lowest BCUT2D eigenvalue weighted by atomic mass is 10.1. The van der Waals surface area contributed by atoms with Crippen molar-refractivity contribution in [2.45, 2.75) is 38.6 Å². The molecule has 0 heterocycles. The van der Waals surface area contributed by atoms with Crippen LogP contribution in [-0.2, 0) is 11.2 Å². The van der Waals surface area contributed by atoms with Crippen LogP contribution in [0.15, 0.2) is 48.5 Å². The van der Waals surface area contributed by atoms with Gasteiger partial charge in [-0.1, -0.05) is 30.3 Å². The number of halogens is 1. The number of carbonyl (C=O) groups excluding carboxylic acids is 1. The molecule has 0 radical (unpaired) electrons. The molecule has 27 heavy (non-hydrogen) atoms. The number of unbranched alkanes of at least 4 members (excludes halogenated alkanes) is 1. The number of hydrogen-bond acceptors (Lipinski definition) is 4. The predicted molar refractivity (Wildman–Crippen MR) is 105 cm³/mol. The van der Waals surface area contributed by atoms with Crippen molar-refractivity contribution in [2.24, 2.45) is 0 Å². The molecule has 0 fully saturated rings. The summed E-state index contributed by atoms with van der Waals surface area (Å²) in [7, 11) is 0. The molecule has 2 aromatic carbocycles. The normalized spacial score (nSPS) is 11.8. The number of carbonyl (C=O) groups is 1. The quantitative estimate of drug-likeness (QED) is 0.277. The summed E-state index contributed by atoms with van der Waals surface area (Å²) in [5.74, 6) is -0.778. The summed E-state index contributed by atoms with van der Waals surface area (Å²) in [4.78, 5) is 11.9. The number of hydroxylamine groups is 1. The van der Waals surface area contributed by atoms with Crippen LogP contribution in [0.5, 0.6) is 0 Å². The molecular formula is C21H28FN3O2. The molecular weight excluding hydrogens is 345 g/mol. The van der Waals surface area contributed by atoms with E-state index in [2.05, 4.69) is 22.8 Å². The number of nitrogens with one attached hydrogen (secondary N) is 3. The molecule has 2 aromatic rings. The third-order valence-corrected chi connectivity index (χ3v) is 4.46. The predicted octanol–water partition coefficient (Wildman–Crippen LogP) is 3.42. The van der Waals surface area contributed by atoms with Crippen LogP contribution in [-0.4, -0.2) is 30.2 Å². The summed E-state index contributed by atoms with van der Waals surface area (Å²) >= 11 is 0. The number of rotatable bonds is 11. The molecule has 5 nitrogen and oxygen atoms in total. The molecule has 0 aliphatic rings. The molecule has 6 heteroatoms. The standard InChI is InChI=1S/C21H28FN3O2/c1-16-15-18(10-11-19(16)22)24-20(21(26)25-27)9-5-6-13-23-14-12-17-7-3-2-4-8-17/h2-4,7-8,10-11,15,20,23-24,27H,5-6,9,12-14H2,1H3,(H,25,26)/t20-/m1/s1. The van der Waals surface area contributed by atoms with Crippen LogP contribution >= 0.6 is 0 Å². The summed E-state index contributed by atoms with van der Waals surface area (Å²) in [6.07, 6.45) is 3.31.